The molecule has 0 unspecified atom stereocenters. The molecule has 1 saturated carbocycles. The van der Waals surface area contributed by atoms with Crippen molar-refractivity contribution in [3.05, 3.63) is 95.6 Å². The summed E-state index contributed by atoms with van der Waals surface area (Å²) in [5.74, 6) is -1.31. The Morgan fingerprint density at radius 2 is 1.63 bits per heavy atom. The molecule has 41 heavy (non-hydrogen) atoms. The van der Waals surface area contributed by atoms with Crippen LogP contribution in [0.1, 0.15) is 59.6 Å². The fraction of sp³-hybridized carbons (Fsp3) is 0.375. The number of alkyl halides is 3. The third-order valence-electron chi connectivity index (χ3n) is 8.10. The molecule has 3 aromatic rings. The van der Waals surface area contributed by atoms with E-state index in [4.69, 9.17) is 0 Å². The summed E-state index contributed by atoms with van der Waals surface area (Å²) in [7, 11) is 0. The SMILES string of the molecule is O=C(O)CCCN(CCc1ccccc1)[C@H]1c2ccccc2N(C(=O)c2ccc(OC(F)(F)F)cc2)[C@@H]2CCC[C@@H]21. The van der Waals surface area contributed by atoms with E-state index in [0.717, 1.165) is 43.5 Å². The molecule has 1 aliphatic carbocycles. The van der Waals surface area contributed by atoms with Crippen molar-refractivity contribution in [2.75, 3.05) is 18.0 Å². The number of halogens is 3. The zero-order valence-electron chi connectivity index (χ0n) is 22.6. The molecule has 0 radical (unpaired) electrons. The Morgan fingerprint density at radius 3 is 2.34 bits per heavy atom. The second-order valence-electron chi connectivity index (χ2n) is 10.7. The molecule has 0 saturated heterocycles. The number of para-hydroxylation sites is 1. The van der Waals surface area contributed by atoms with Gasteiger partial charge in [0.2, 0.25) is 0 Å². The van der Waals surface area contributed by atoms with Gasteiger partial charge in [0.25, 0.3) is 5.91 Å². The highest BCUT2D eigenvalue weighted by Gasteiger charge is 2.47. The maximum Gasteiger partial charge on any atom is 0.573 e. The van der Waals surface area contributed by atoms with Crippen LogP contribution in [0.25, 0.3) is 0 Å². The zero-order chi connectivity index (χ0) is 29.0. The van der Waals surface area contributed by atoms with E-state index in [2.05, 4.69) is 21.8 Å². The van der Waals surface area contributed by atoms with Gasteiger partial charge in [0.05, 0.1) is 0 Å². The Labute approximate surface area is 237 Å². The highest BCUT2D eigenvalue weighted by atomic mass is 19.4. The fourth-order valence-corrected chi connectivity index (χ4v) is 6.43. The van der Waals surface area contributed by atoms with E-state index >= 15 is 0 Å². The molecule has 0 bridgehead atoms. The molecule has 9 heteroatoms. The van der Waals surface area contributed by atoms with Gasteiger partial charge in [0.1, 0.15) is 5.75 Å². The number of nitrogens with zero attached hydrogens (tertiary/aromatic N) is 2. The number of rotatable bonds is 10. The Hall–Kier alpha value is -3.85. The lowest BCUT2D eigenvalue weighted by Crippen LogP contribution is -2.51. The molecule has 0 aromatic heterocycles. The Kier molecular flexibility index (Phi) is 8.63. The second-order valence-corrected chi connectivity index (χ2v) is 10.7. The standard InChI is InChI=1S/C32H33F3N2O4/c33-32(34,35)41-24-17-15-23(16-18-24)31(40)37-27-12-5-4-10-25(27)30(26-11-6-13-28(26)37)36(20-7-14-29(38)39)21-19-22-8-2-1-3-9-22/h1-5,8-10,12,15-18,26,28,30H,6-7,11,13-14,19-21H2,(H,38,39)/t26-,28+,30-/m0/s1. The first-order valence-corrected chi connectivity index (χ1v) is 14.0. The van der Waals surface area contributed by atoms with Gasteiger partial charge in [-0.1, -0.05) is 55.0 Å². The lowest BCUT2D eigenvalue weighted by Gasteiger charge is -2.48. The number of fused-ring (bicyclic) bond motifs is 2. The molecule has 3 aromatic carbocycles. The van der Waals surface area contributed by atoms with Crippen LogP contribution in [-0.4, -0.2) is 47.4 Å². The summed E-state index contributed by atoms with van der Waals surface area (Å²) < 4.78 is 41.9. The summed E-state index contributed by atoms with van der Waals surface area (Å²) in [5, 5.41) is 9.30. The first-order chi connectivity index (χ1) is 19.7. The number of hydrogen-bond donors (Lipinski definition) is 1. The summed E-state index contributed by atoms with van der Waals surface area (Å²) in [4.78, 5) is 29.5. The van der Waals surface area contributed by atoms with Crippen LogP contribution in [0.3, 0.4) is 0 Å². The lowest BCUT2D eigenvalue weighted by molar-refractivity contribution is -0.274. The number of carboxylic acid groups (broad SMARTS) is 1. The van der Waals surface area contributed by atoms with Crippen molar-refractivity contribution in [3.63, 3.8) is 0 Å². The van der Waals surface area contributed by atoms with Crippen molar-refractivity contribution in [3.8, 4) is 5.75 Å². The van der Waals surface area contributed by atoms with E-state index in [1.807, 2.05) is 47.4 Å². The van der Waals surface area contributed by atoms with Crippen LogP contribution >= 0.6 is 0 Å². The Morgan fingerprint density at radius 1 is 0.927 bits per heavy atom. The number of anilines is 1. The summed E-state index contributed by atoms with van der Waals surface area (Å²) in [6.07, 6.45) is -0.689. The van der Waals surface area contributed by atoms with Crippen molar-refractivity contribution in [2.45, 2.75) is 57.0 Å². The minimum atomic E-state index is -4.81. The van der Waals surface area contributed by atoms with Gasteiger partial charge >= 0.3 is 12.3 Å². The van der Waals surface area contributed by atoms with E-state index in [9.17, 15) is 27.9 Å². The second kappa shape index (κ2) is 12.3. The number of benzene rings is 3. The van der Waals surface area contributed by atoms with Crippen LogP contribution in [-0.2, 0) is 11.2 Å². The molecule has 5 rings (SSSR count). The van der Waals surface area contributed by atoms with Crippen LogP contribution in [0.2, 0.25) is 0 Å². The molecule has 0 spiro atoms. The monoisotopic (exact) mass is 566 g/mol. The molecule has 1 fully saturated rings. The maximum atomic E-state index is 13.9. The predicted octanol–water partition coefficient (Wildman–Crippen LogP) is 6.86. The molecule has 216 valence electrons. The Balaban J connectivity index is 1.46. The molecule has 3 atom stereocenters. The van der Waals surface area contributed by atoms with Crippen LogP contribution in [0.4, 0.5) is 18.9 Å². The molecular weight excluding hydrogens is 533 g/mol. The van der Waals surface area contributed by atoms with Gasteiger partial charge in [-0.25, -0.2) is 0 Å². The first-order valence-electron chi connectivity index (χ1n) is 14.0. The normalized spacial score (nSPS) is 20.0. The highest BCUT2D eigenvalue weighted by molar-refractivity contribution is 6.07. The van der Waals surface area contributed by atoms with Crippen LogP contribution in [0, 0.1) is 5.92 Å². The minimum absolute atomic E-state index is 0.0165. The number of ether oxygens (including phenoxy) is 1. The summed E-state index contributed by atoms with van der Waals surface area (Å²) >= 11 is 0. The molecular formula is C32H33F3N2O4. The molecule has 6 nitrogen and oxygen atoms in total. The molecule has 1 N–H and O–H groups in total. The van der Waals surface area contributed by atoms with Gasteiger partial charge in [-0.3, -0.25) is 14.5 Å². The lowest BCUT2D eigenvalue weighted by atomic mass is 9.81. The topological polar surface area (TPSA) is 70.1 Å². The third-order valence-corrected chi connectivity index (χ3v) is 8.10. The van der Waals surface area contributed by atoms with Crippen LogP contribution < -0.4 is 9.64 Å². The van der Waals surface area contributed by atoms with E-state index in [1.165, 1.54) is 29.8 Å². The van der Waals surface area contributed by atoms with Gasteiger partial charge < -0.3 is 14.7 Å². The van der Waals surface area contributed by atoms with Crippen LogP contribution in [0.15, 0.2) is 78.9 Å². The van der Waals surface area contributed by atoms with Crippen LogP contribution in [0.5, 0.6) is 5.75 Å². The highest BCUT2D eigenvalue weighted by Crippen LogP contribution is 2.50. The number of carboxylic acids is 1. The summed E-state index contributed by atoms with van der Waals surface area (Å²) in [6.45, 7) is 1.37. The maximum absolute atomic E-state index is 13.9. The largest absolute Gasteiger partial charge is 0.573 e. The predicted molar refractivity (Wildman–Crippen MR) is 149 cm³/mol. The number of carbonyl (C=O) groups is 2. The van der Waals surface area contributed by atoms with Crippen molar-refractivity contribution in [1.82, 2.24) is 4.90 Å². The van der Waals surface area contributed by atoms with Crippen molar-refractivity contribution < 1.29 is 32.6 Å². The number of amides is 1. The quantitative estimate of drug-likeness (QED) is 0.290. The van der Waals surface area contributed by atoms with E-state index < -0.39 is 12.3 Å². The summed E-state index contributed by atoms with van der Waals surface area (Å²) in [5.41, 5.74) is 3.31. The third kappa shape index (κ3) is 6.73. The van der Waals surface area contributed by atoms with Gasteiger partial charge in [-0.2, -0.15) is 0 Å². The average Bonchev–Trinajstić information content (AvgIpc) is 3.42. The van der Waals surface area contributed by atoms with Gasteiger partial charge in [-0.05, 0) is 79.6 Å². The van der Waals surface area contributed by atoms with Gasteiger partial charge in [0.15, 0.2) is 0 Å². The molecule has 1 heterocycles. The van der Waals surface area contributed by atoms with E-state index in [-0.39, 0.29) is 36.1 Å². The van der Waals surface area contributed by atoms with Crippen molar-refractivity contribution in [1.29, 1.82) is 0 Å². The molecule has 1 aliphatic heterocycles. The number of aliphatic carboxylic acids is 1. The average molecular weight is 567 g/mol. The van der Waals surface area contributed by atoms with Crippen molar-refractivity contribution in [2.24, 2.45) is 5.92 Å². The van der Waals surface area contributed by atoms with E-state index in [0.29, 0.717) is 18.5 Å². The molecule has 1 amide bonds. The van der Waals surface area contributed by atoms with Crippen molar-refractivity contribution >= 4 is 17.6 Å². The van der Waals surface area contributed by atoms with E-state index in [1.54, 1.807) is 0 Å². The van der Waals surface area contributed by atoms with Gasteiger partial charge in [-0.15, -0.1) is 13.2 Å². The first kappa shape index (κ1) is 28.7. The molecule has 2 aliphatic rings. The zero-order valence-corrected chi connectivity index (χ0v) is 22.6. The minimum Gasteiger partial charge on any atom is -0.481 e. The summed E-state index contributed by atoms with van der Waals surface area (Å²) in [6, 6.07) is 23.0. The smallest absolute Gasteiger partial charge is 0.481 e. The Bertz CT molecular complexity index is 1350. The number of hydrogen-bond acceptors (Lipinski definition) is 4. The number of carbonyl (C=O) groups excluding carboxylic acids is 1. The fourth-order valence-electron chi connectivity index (χ4n) is 6.43. The van der Waals surface area contributed by atoms with Gasteiger partial charge in [0, 0.05) is 36.3 Å².